The van der Waals surface area contributed by atoms with E-state index in [9.17, 15) is 4.79 Å². The molecule has 1 aromatic heterocycles. The van der Waals surface area contributed by atoms with E-state index in [2.05, 4.69) is 14.7 Å². The van der Waals surface area contributed by atoms with Crippen LogP contribution >= 0.6 is 0 Å². The highest BCUT2D eigenvalue weighted by atomic mass is 16.5. The van der Waals surface area contributed by atoms with Crippen molar-refractivity contribution in [3.8, 4) is 5.88 Å². The molecule has 106 valence electrons. The second kappa shape index (κ2) is 6.92. The highest BCUT2D eigenvalue weighted by molar-refractivity contribution is 5.75. The van der Waals surface area contributed by atoms with Crippen molar-refractivity contribution in [2.75, 3.05) is 18.6 Å². The Morgan fingerprint density at radius 1 is 1.32 bits per heavy atom. The lowest BCUT2D eigenvalue weighted by molar-refractivity contribution is -0.139. The quantitative estimate of drug-likeness (QED) is 0.730. The van der Waals surface area contributed by atoms with Crippen LogP contribution in [0.5, 0.6) is 5.88 Å². The molecule has 0 atom stereocenters. The lowest BCUT2D eigenvalue weighted by Crippen LogP contribution is -2.37. The van der Waals surface area contributed by atoms with Crippen LogP contribution in [0, 0.1) is 0 Å². The third-order valence-corrected chi connectivity index (χ3v) is 2.40. The molecule has 0 bridgehead atoms. The average molecular weight is 267 g/mol. The third kappa shape index (κ3) is 4.73. The summed E-state index contributed by atoms with van der Waals surface area (Å²) in [6, 6.07) is 0.0997. The SMILES string of the molecule is COC(=O)CN(c1cncc(OC(C)C)n1)C(C)C. The van der Waals surface area contributed by atoms with Crippen LogP contribution in [0.15, 0.2) is 12.4 Å². The summed E-state index contributed by atoms with van der Waals surface area (Å²) in [4.78, 5) is 21.7. The Balaban J connectivity index is 2.92. The van der Waals surface area contributed by atoms with Gasteiger partial charge in [-0.2, -0.15) is 4.98 Å². The van der Waals surface area contributed by atoms with Crippen molar-refractivity contribution in [2.24, 2.45) is 0 Å². The van der Waals surface area contributed by atoms with E-state index in [1.54, 1.807) is 12.4 Å². The van der Waals surface area contributed by atoms with Crippen LogP contribution in [-0.4, -0.2) is 41.7 Å². The number of methoxy groups -OCH3 is 1. The summed E-state index contributed by atoms with van der Waals surface area (Å²) in [6.07, 6.45) is 3.19. The topological polar surface area (TPSA) is 64.5 Å². The number of ether oxygens (including phenoxy) is 2. The van der Waals surface area contributed by atoms with Gasteiger partial charge < -0.3 is 14.4 Å². The van der Waals surface area contributed by atoms with Crippen molar-refractivity contribution in [3.05, 3.63) is 12.4 Å². The summed E-state index contributed by atoms with van der Waals surface area (Å²) in [5, 5.41) is 0. The van der Waals surface area contributed by atoms with Gasteiger partial charge >= 0.3 is 5.97 Å². The Hall–Kier alpha value is -1.85. The molecule has 0 N–H and O–H groups in total. The maximum atomic E-state index is 11.4. The molecule has 0 radical (unpaired) electrons. The Labute approximate surface area is 113 Å². The maximum Gasteiger partial charge on any atom is 0.325 e. The minimum Gasteiger partial charge on any atom is -0.474 e. The van der Waals surface area contributed by atoms with Gasteiger partial charge in [0.2, 0.25) is 5.88 Å². The van der Waals surface area contributed by atoms with Gasteiger partial charge in [0.05, 0.1) is 25.6 Å². The number of nitrogens with zero attached hydrogens (tertiary/aromatic N) is 3. The summed E-state index contributed by atoms with van der Waals surface area (Å²) in [5.41, 5.74) is 0. The van der Waals surface area contributed by atoms with Crippen molar-refractivity contribution in [1.82, 2.24) is 9.97 Å². The summed E-state index contributed by atoms with van der Waals surface area (Å²) < 4.78 is 10.2. The molecule has 0 aromatic carbocycles. The van der Waals surface area contributed by atoms with Gasteiger partial charge in [-0.3, -0.25) is 9.78 Å². The lowest BCUT2D eigenvalue weighted by Gasteiger charge is -2.26. The fraction of sp³-hybridized carbons (Fsp3) is 0.615. The van der Waals surface area contributed by atoms with E-state index in [4.69, 9.17) is 4.74 Å². The minimum atomic E-state index is -0.314. The third-order valence-electron chi connectivity index (χ3n) is 2.40. The number of hydrogen-bond acceptors (Lipinski definition) is 6. The first kappa shape index (κ1) is 15.2. The van der Waals surface area contributed by atoms with Crippen LogP contribution < -0.4 is 9.64 Å². The van der Waals surface area contributed by atoms with E-state index in [1.807, 2.05) is 32.6 Å². The zero-order valence-electron chi connectivity index (χ0n) is 12.1. The van der Waals surface area contributed by atoms with Gasteiger partial charge in [-0.15, -0.1) is 0 Å². The first-order chi connectivity index (χ1) is 8.93. The van der Waals surface area contributed by atoms with Gasteiger partial charge in [0.25, 0.3) is 0 Å². The minimum absolute atomic E-state index is 0.0256. The smallest absolute Gasteiger partial charge is 0.325 e. The molecule has 19 heavy (non-hydrogen) atoms. The summed E-state index contributed by atoms with van der Waals surface area (Å²) in [6.45, 7) is 7.92. The van der Waals surface area contributed by atoms with Gasteiger partial charge in [-0.05, 0) is 27.7 Å². The second-order valence-corrected chi connectivity index (χ2v) is 4.68. The molecule has 0 fully saturated rings. The predicted molar refractivity (Wildman–Crippen MR) is 72.3 cm³/mol. The Morgan fingerprint density at radius 2 is 2.00 bits per heavy atom. The molecule has 0 aliphatic rings. The van der Waals surface area contributed by atoms with E-state index < -0.39 is 0 Å². The van der Waals surface area contributed by atoms with E-state index >= 15 is 0 Å². The predicted octanol–water partition coefficient (Wildman–Crippen LogP) is 1.65. The number of aromatic nitrogens is 2. The monoisotopic (exact) mass is 267 g/mol. The van der Waals surface area contributed by atoms with Crippen LogP contribution in [-0.2, 0) is 9.53 Å². The molecule has 1 aromatic rings. The first-order valence-electron chi connectivity index (χ1n) is 6.26. The van der Waals surface area contributed by atoms with Gasteiger partial charge in [0.1, 0.15) is 6.54 Å². The highest BCUT2D eigenvalue weighted by Gasteiger charge is 2.17. The van der Waals surface area contributed by atoms with Crippen molar-refractivity contribution in [3.63, 3.8) is 0 Å². The molecule has 0 aliphatic carbocycles. The number of carbonyl (C=O) groups is 1. The molecule has 0 saturated carbocycles. The van der Waals surface area contributed by atoms with Gasteiger partial charge in [-0.1, -0.05) is 0 Å². The van der Waals surface area contributed by atoms with E-state index in [-0.39, 0.29) is 24.7 Å². The van der Waals surface area contributed by atoms with Gasteiger partial charge in [0, 0.05) is 6.04 Å². The van der Waals surface area contributed by atoms with E-state index in [0.29, 0.717) is 11.7 Å². The largest absolute Gasteiger partial charge is 0.474 e. The van der Waals surface area contributed by atoms with E-state index in [0.717, 1.165) is 0 Å². The molecule has 0 aliphatic heterocycles. The maximum absolute atomic E-state index is 11.4. The summed E-state index contributed by atoms with van der Waals surface area (Å²) >= 11 is 0. The normalized spacial score (nSPS) is 10.7. The molecule has 6 heteroatoms. The average Bonchev–Trinajstić information content (AvgIpc) is 2.34. The molecular weight excluding hydrogens is 246 g/mol. The van der Waals surface area contributed by atoms with Gasteiger partial charge in [0.15, 0.2) is 5.82 Å². The second-order valence-electron chi connectivity index (χ2n) is 4.68. The Bertz CT molecular complexity index is 421. The van der Waals surface area contributed by atoms with Gasteiger partial charge in [-0.25, -0.2) is 0 Å². The Kier molecular flexibility index (Phi) is 5.54. The molecule has 0 unspecified atom stereocenters. The number of hydrogen-bond donors (Lipinski definition) is 0. The highest BCUT2D eigenvalue weighted by Crippen LogP contribution is 2.17. The molecule has 0 spiro atoms. The molecular formula is C13H21N3O3. The fourth-order valence-corrected chi connectivity index (χ4v) is 1.51. The standard InChI is InChI=1S/C13H21N3O3/c1-9(2)16(8-13(17)18-5)11-6-14-7-12(15-11)19-10(3)4/h6-7,9-10H,8H2,1-5H3. The molecule has 1 heterocycles. The van der Waals surface area contributed by atoms with Crippen LogP contribution in [0.25, 0.3) is 0 Å². The Morgan fingerprint density at radius 3 is 2.53 bits per heavy atom. The number of esters is 1. The number of carbonyl (C=O) groups excluding carboxylic acids is 1. The van der Waals surface area contributed by atoms with Crippen LogP contribution in [0.3, 0.4) is 0 Å². The van der Waals surface area contributed by atoms with Crippen molar-refractivity contribution >= 4 is 11.8 Å². The molecule has 0 amide bonds. The lowest BCUT2D eigenvalue weighted by atomic mass is 10.3. The summed E-state index contributed by atoms with van der Waals surface area (Å²) in [5.74, 6) is 0.729. The van der Waals surface area contributed by atoms with Crippen molar-refractivity contribution in [1.29, 1.82) is 0 Å². The zero-order chi connectivity index (χ0) is 14.4. The molecule has 6 nitrogen and oxygen atoms in total. The number of rotatable bonds is 6. The van der Waals surface area contributed by atoms with E-state index in [1.165, 1.54) is 7.11 Å². The molecule has 0 saturated heterocycles. The van der Waals surface area contributed by atoms with Crippen LogP contribution in [0.1, 0.15) is 27.7 Å². The van der Waals surface area contributed by atoms with Crippen molar-refractivity contribution < 1.29 is 14.3 Å². The van der Waals surface area contributed by atoms with Crippen molar-refractivity contribution in [2.45, 2.75) is 39.8 Å². The molecule has 1 rings (SSSR count). The fourth-order valence-electron chi connectivity index (χ4n) is 1.51. The first-order valence-corrected chi connectivity index (χ1v) is 6.26. The summed E-state index contributed by atoms with van der Waals surface area (Å²) in [7, 11) is 1.37. The van der Waals surface area contributed by atoms with Crippen LogP contribution in [0.4, 0.5) is 5.82 Å². The van der Waals surface area contributed by atoms with Crippen LogP contribution in [0.2, 0.25) is 0 Å². The zero-order valence-corrected chi connectivity index (χ0v) is 12.1. The number of anilines is 1.